The first-order valence-corrected chi connectivity index (χ1v) is 9.36. The number of rotatable bonds is 4. The molecule has 3 aliphatic rings. The maximum absolute atomic E-state index is 13.2. The highest BCUT2D eigenvalue weighted by Crippen LogP contribution is 2.27. The number of hydrogen-bond donors (Lipinski definition) is 0. The van der Waals surface area contributed by atoms with Crippen molar-refractivity contribution in [2.45, 2.75) is 19.1 Å². The van der Waals surface area contributed by atoms with Gasteiger partial charge >= 0.3 is 12.0 Å². The van der Waals surface area contributed by atoms with Gasteiger partial charge in [0.05, 0.1) is 25.9 Å². The molecule has 0 radical (unpaired) electrons. The number of furan rings is 1. The Bertz CT molecular complexity index is 1040. The van der Waals surface area contributed by atoms with Gasteiger partial charge in [0.2, 0.25) is 11.9 Å². The molecular formula is C20H19FN5O3+. The van der Waals surface area contributed by atoms with Gasteiger partial charge in [0.15, 0.2) is 0 Å². The Balaban J connectivity index is 1.44. The van der Waals surface area contributed by atoms with Crippen LogP contribution in [0.3, 0.4) is 0 Å². The van der Waals surface area contributed by atoms with Gasteiger partial charge in [-0.2, -0.15) is 0 Å². The number of urea groups is 1. The number of amides is 3. The highest BCUT2D eigenvalue weighted by Gasteiger charge is 2.57. The fourth-order valence-electron chi connectivity index (χ4n) is 3.97. The van der Waals surface area contributed by atoms with Crippen LogP contribution in [0, 0.1) is 5.82 Å². The lowest BCUT2D eigenvalue weighted by Crippen LogP contribution is -2.63. The third kappa shape index (κ3) is 2.81. The summed E-state index contributed by atoms with van der Waals surface area (Å²) in [6.07, 6.45) is 1.62. The molecule has 3 aliphatic heterocycles. The number of aliphatic imine (C=N–C) groups is 1. The molecule has 0 N–H and O–H groups in total. The van der Waals surface area contributed by atoms with E-state index in [1.54, 1.807) is 25.4 Å². The molecule has 4 heterocycles. The Morgan fingerprint density at radius 3 is 2.76 bits per heavy atom. The van der Waals surface area contributed by atoms with Crippen molar-refractivity contribution in [1.82, 2.24) is 14.7 Å². The highest BCUT2D eigenvalue weighted by molar-refractivity contribution is 6.25. The van der Waals surface area contributed by atoms with Crippen molar-refractivity contribution in [2.75, 3.05) is 20.1 Å². The minimum Gasteiger partial charge on any atom is -0.466 e. The Labute approximate surface area is 166 Å². The average Bonchev–Trinajstić information content (AvgIpc) is 3.43. The first-order valence-electron chi connectivity index (χ1n) is 9.36. The van der Waals surface area contributed by atoms with Gasteiger partial charge in [-0.3, -0.25) is 19.2 Å². The quantitative estimate of drug-likeness (QED) is 0.734. The summed E-state index contributed by atoms with van der Waals surface area (Å²) >= 11 is 0. The van der Waals surface area contributed by atoms with Crippen LogP contribution in [-0.2, 0) is 17.9 Å². The number of nitrogens with zero attached hydrogens (tertiary/aromatic N) is 5. The van der Waals surface area contributed by atoms with Crippen molar-refractivity contribution in [3.05, 3.63) is 59.8 Å². The molecule has 3 amide bonds. The predicted octanol–water partition coefficient (Wildman–Crippen LogP) is 1.48. The van der Waals surface area contributed by atoms with Gasteiger partial charge in [-0.1, -0.05) is 17.1 Å². The van der Waals surface area contributed by atoms with Crippen molar-refractivity contribution in [3.8, 4) is 0 Å². The number of benzene rings is 1. The van der Waals surface area contributed by atoms with Crippen LogP contribution in [0.5, 0.6) is 0 Å². The zero-order valence-electron chi connectivity index (χ0n) is 15.8. The molecule has 0 saturated carbocycles. The number of hydrogen-bond acceptors (Lipinski definition) is 5. The lowest BCUT2D eigenvalue weighted by atomic mass is 10.1. The van der Waals surface area contributed by atoms with Crippen molar-refractivity contribution in [2.24, 2.45) is 4.99 Å². The number of carbonyl (C=O) groups excluding carboxylic acids is 2. The van der Waals surface area contributed by atoms with E-state index in [1.807, 2.05) is 21.6 Å². The number of fused-ring (bicyclic) bond motifs is 3. The zero-order chi connectivity index (χ0) is 20.1. The van der Waals surface area contributed by atoms with Crippen LogP contribution in [0.25, 0.3) is 0 Å². The van der Waals surface area contributed by atoms with Crippen LogP contribution >= 0.6 is 0 Å². The molecule has 1 aromatic heterocycles. The summed E-state index contributed by atoms with van der Waals surface area (Å²) in [4.78, 5) is 35.2. The van der Waals surface area contributed by atoms with Crippen LogP contribution in [0.4, 0.5) is 9.18 Å². The van der Waals surface area contributed by atoms with Crippen molar-refractivity contribution < 1.29 is 23.0 Å². The molecule has 29 heavy (non-hydrogen) atoms. The first-order chi connectivity index (χ1) is 14.0. The number of likely N-dealkylation sites (N-methyl/N-ethyl adjacent to an activating group) is 1. The third-order valence-electron chi connectivity index (χ3n) is 5.46. The molecule has 0 bridgehead atoms. The minimum atomic E-state index is -0.630. The van der Waals surface area contributed by atoms with Gasteiger partial charge in [0.25, 0.3) is 5.91 Å². The SMILES string of the molecule is CN1C(=O)N(Cc2ccc(F)cc2)C(=O)C2C1=NC1=[N+](Cc3ccco3)CCN12. The Morgan fingerprint density at radius 1 is 1.24 bits per heavy atom. The number of guanidine groups is 1. The maximum atomic E-state index is 13.2. The van der Waals surface area contributed by atoms with Gasteiger partial charge in [-0.15, -0.1) is 0 Å². The maximum Gasteiger partial charge on any atom is 0.393 e. The normalized spacial score (nSPS) is 21.1. The fraction of sp³-hybridized carbons (Fsp3) is 0.300. The van der Waals surface area contributed by atoms with Crippen LogP contribution < -0.4 is 0 Å². The molecular weight excluding hydrogens is 377 g/mol. The minimum absolute atomic E-state index is 0.0886. The lowest BCUT2D eigenvalue weighted by molar-refractivity contribution is -0.537. The topological polar surface area (TPSA) is 72.4 Å². The van der Waals surface area contributed by atoms with Crippen LogP contribution in [0.2, 0.25) is 0 Å². The molecule has 148 valence electrons. The molecule has 1 saturated heterocycles. The van der Waals surface area contributed by atoms with E-state index in [1.165, 1.54) is 21.9 Å². The second-order valence-electron chi connectivity index (χ2n) is 7.26. The average molecular weight is 396 g/mol. The van der Waals surface area contributed by atoms with E-state index in [2.05, 4.69) is 4.99 Å². The number of carbonyl (C=O) groups is 2. The van der Waals surface area contributed by atoms with Gasteiger partial charge in [-0.05, 0) is 29.8 Å². The molecule has 2 aromatic rings. The third-order valence-corrected chi connectivity index (χ3v) is 5.46. The molecule has 0 aliphatic carbocycles. The fourth-order valence-corrected chi connectivity index (χ4v) is 3.97. The van der Waals surface area contributed by atoms with Gasteiger partial charge < -0.3 is 4.42 Å². The molecule has 1 atom stereocenters. The summed E-state index contributed by atoms with van der Waals surface area (Å²) in [5.41, 5.74) is 0.685. The Hall–Kier alpha value is -3.49. The van der Waals surface area contributed by atoms with Crippen LogP contribution in [0.1, 0.15) is 11.3 Å². The van der Waals surface area contributed by atoms with Crippen molar-refractivity contribution >= 4 is 23.7 Å². The molecule has 1 unspecified atom stereocenters. The van der Waals surface area contributed by atoms with Gasteiger partial charge in [-0.25, -0.2) is 14.1 Å². The second kappa shape index (κ2) is 6.54. The first kappa shape index (κ1) is 17.6. The van der Waals surface area contributed by atoms with Crippen molar-refractivity contribution in [1.29, 1.82) is 0 Å². The van der Waals surface area contributed by atoms with Gasteiger partial charge in [0.1, 0.15) is 18.1 Å². The van der Waals surface area contributed by atoms with E-state index in [4.69, 9.17) is 4.42 Å². The van der Waals surface area contributed by atoms with E-state index >= 15 is 0 Å². The lowest BCUT2D eigenvalue weighted by Gasteiger charge is -2.34. The predicted molar refractivity (Wildman–Crippen MR) is 101 cm³/mol. The summed E-state index contributed by atoms with van der Waals surface area (Å²) in [6.45, 7) is 1.98. The monoisotopic (exact) mass is 396 g/mol. The second-order valence-corrected chi connectivity index (χ2v) is 7.26. The number of amidine groups is 1. The molecule has 1 fully saturated rings. The van der Waals surface area contributed by atoms with Crippen LogP contribution in [0.15, 0.2) is 52.1 Å². The Morgan fingerprint density at radius 2 is 2.03 bits per heavy atom. The number of imide groups is 1. The molecule has 8 nitrogen and oxygen atoms in total. The smallest absolute Gasteiger partial charge is 0.393 e. The molecule has 0 spiro atoms. The largest absolute Gasteiger partial charge is 0.466 e. The summed E-state index contributed by atoms with van der Waals surface area (Å²) in [5, 5.41) is 0. The molecule has 9 heteroatoms. The van der Waals surface area contributed by atoms with E-state index in [0.717, 1.165) is 5.76 Å². The number of halogens is 1. The highest BCUT2D eigenvalue weighted by atomic mass is 19.1. The Kier molecular flexibility index (Phi) is 3.97. The van der Waals surface area contributed by atoms with E-state index in [9.17, 15) is 14.0 Å². The summed E-state index contributed by atoms with van der Waals surface area (Å²) in [6, 6.07) is 8.45. The molecule has 1 aromatic carbocycles. The van der Waals surface area contributed by atoms with E-state index in [0.29, 0.717) is 37.0 Å². The van der Waals surface area contributed by atoms with Crippen LogP contribution in [-0.4, -0.2) is 69.2 Å². The summed E-state index contributed by atoms with van der Waals surface area (Å²) < 4.78 is 20.7. The van der Waals surface area contributed by atoms with Gasteiger partial charge in [0, 0.05) is 7.05 Å². The summed E-state index contributed by atoms with van der Waals surface area (Å²) in [7, 11) is 1.62. The van der Waals surface area contributed by atoms with Crippen molar-refractivity contribution in [3.63, 3.8) is 0 Å². The molecule has 5 rings (SSSR count). The van der Waals surface area contributed by atoms with E-state index < -0.39 is 12.1 Å². The standard InChI is InChI=1S/C20H19FN5O3/c1-23-17-16(18(27)26(20(23)28)11-13-4-6-14(21)7-5-13)25-9-8-24(19(25)22-17)12-15-3-2-10-29-15/h2-7,10,16H,8-9,11-12H2,1H3/q+1. The summed E-state index contributed by atoms with van der Waals surface area (Å²) in [5.74, 6) is 1.25. The zero-order valence-corrected chi connectivity index (χ0v) is 15.8. The van der Waals surface area contributed by atoms with E-state index in [-0.39, 0.29) is 18.3 Å².